The molecule has 1 N–H and O–H groups in total. The molecule has 0 fully saturated rings. The number of benzene rings is 3. The monoisotopic (exact) mass is 629 g/mol. The average molecular weight is 630 g/mol. The number of carbonyl (C=O) groups excluding carboxylic acids is 2. The zero-order valence-corrected chi connectivity index (χ0v) is 26.1. The number of H-pyrrole nitrogens is 1. The predicted octanol–water partition coefficient (Wildman–Crippen LogP) is 6.07. The van der Waals surface area contributed by atoms with Gasteiger partial charge in [0.2, 0.25) is 17.7 Å². The molecule has 2 amide bonds. The van der Waals surface area contributed by atoms with E-state index in [1.807, 2.05) is 73.0 Å². The van der Waals surface area contributed by atoms with Crippen molar-refractivity contribution in [3.8, 4) is 23.0 Å². The molecule has 1 unspecified atom stereocenters. The maximum atomic E-state index is 14.9. The molecule has 3 aromatic heterocycles. The highest BCUT2D eigenvalue weighted by atomic mass is 19.1. The number of para-hydroxylation sites is 2. The molecule has 0 aliphatic carbocycles. The van der Waals surface area contributed by atoms with Gasteiger partial charge in [-0.1, -0.05) is 42.5 Å². The zero-order valence-electron chi connectivity index (χ0n) is 26.1. The number of hydrogen-bond donors (Lipinski definition) is 1. The smallest absolute Gasteiger partial charge is 0.247 e. The summed E-state index contributed by atoms with van der Waals surface area (Å²) in [5.41, 5.74) is 4.11. The molecule has 11 heteroatoms. The van der Waals surface area contributed by atoms with E-state index in [0.29, 0.717) is 40.1 Å². The molecule has 0 saturated heterocycles. The summed E-state index contributed by atoms with van der Waals surface area (Å²) in [6.07, 6.45) is 3.62. The van der Waals surface area contributed by atoms with Crippen molar-refractivity contribution in [1.82, 2.24) is 24.7 Å². The lowest BCUT2D eigenvalue weighted by Gasteiger charge is -2.31. The molecular weight excluding hydrogens is 597 g/mol. The van der Waals surface area contributed by atoms with Crippen LogP contribution in [0.1, 0.15) is 31.2 Å². The Morgan fingerprint density at radius 1 is 1.00 bits per heavy atom. The average Bonchev–Trinajstić information content (AvgIpc) is 3.68. The number of hydrogen-bond acceptors (Lipinski definition) is 6. The van der Waals surface area contributed by atoms with Crippen LogP contribution >= 0.6 is 0 Å². The van der Waals surface area contributed by atoms with Gasteiger partial charge in [0.15, 0.2) is 11.6 Å². The van der Waals surface area contributed by atoms with E-state index in [1.54, 1.807) is 40.4 Å². The molecule has 10 nitrogen and oxygen atoms in total. The largest absolute Gasteiger partial charge is 0.481 e. The van der Waals surface area contributed by atoms with Crippen LogP contribution < -0.4 is 14.5 Å². The van der Waals surface area contributed by atoms with Gasteiger partial charge < -0.3 is 19.5 Å². The highest BCUT2D eigenvalue weighted by molar-refractivity contribution is 6.07. The number of carbonyl (C=O) groups is 2. The Hall–Kier alpha value is -5.84. The van der Waals surface area contributed by atoms with Gasteiger partial charge in [0.1, 0.15) is 18.3 Å². The fourth-order valence-corrected chi connectivity index (χ4v) is 6.30. The van der Waals surface area contributed by atoms with Gasteiger partial charge in [0.05, 0.1) is 30.4 Å². The summed E-state index contributed by atoms with van der Waals surface area (Å²) in [4.78, 5) is 39.7. The predicted molar refractivity (Wildman–Crippen MR) is 177 cm³/mol. The Bertz CT molecular complexity index is 2090. The first-order valence-corrected chi connectivity index (χ1v) is 15.3. The number of nitrogens with zero attached hydrogens (tertiary/aromatic N) is 6. The van der Waals surface area contributed by atoms with Crippen LogP contribution in [0.2, 0.25) is 0 Å². The van der Waals surface area contributed by atoms with Gasteiger partial charge in [-0.05, 0) is 62.2 Å². The van der Waals surface area contributed by atoms with Gasteiger partial charge in [-0.2, -0.15) is 0 Å². The second kappa shape index (κ2) is 12.2. The Morgan fingerprint density at radius 2 is 1.77 bits per heavy atom. The first-order chi connectivity index (χ1) is 22.8. The van der Waals surface area contributed by atoms with Crippen LogP contribution in [0.15, 0.2) is 97.3 Å². The van der Waals surface area contributed by atoms with Gasteiger partial charge in [-0.3, -0.25) is 14.2 Å². The highest BCUT2D eigenvalue weighted by Crippen LogP contribution is 2.39. The summed E-state index contributed by atoms with van der Waals surface area (Å²) in [6, 6.07) is 24.9. The maximum Gasteiger partial charge on any atom is 0.247 e. The third-order valence-electron chi connectivity index (χ3n) is 8.45. The fraction of sp³-hybridized carbons (Fsp3) is 0.194. The van der Waals surface area contributed by atoms with Crippen molar-refractivity contribution in [2.45, 2.75) is 32.2 Å². The summed E-state index contributed by atoms with van der Waals surface area (Å²) in [5.74, 6) is -0.297. The molecule has 0 bridgehead atoms. The van der Waals surface area contributed by atoms with E-state index < -0.39 is 5.92 Å². The van der Waals surface area contributed by atoms with E-state index in [9.17, 15) is 14.0 Å². The Labute approximate surface area is 270 Å². The van der Waals surface area contributed by atoms with Crippen molar-refractivity contribution < 1.29 is 18.7 Å². The van der Waals surface area contributed by atoms with Gasteiger partial charge >= 0.3 is 0 Å². The molecule has 4 heterocycles. The Morgan fingerprint density at radius 3 is 2.49 bits per heavy atom. The maximum absolute atomic E-state index is 14.9. The molecule has 1 aliphatic rings. The van der Waals surface area contributed by atoms with Crippen LogP contribution in [0.5, 0.6) is 5.88 Å². The minimum absolute atomic E-state index is 0.221. The number of aromatic amines is 1. The number of aromatic nitrogens is 5. The summed E-state index contributed by atoms with van der Waals surface area (Å²) in [5, 5.41) is 10.0. The summed E-state index contributed by atoms with van der Waals surface area (Å²) < 4.78 is 21.2. The van der Waals surface area contributed by atoms with E-state index in [1.165, 1.54) is 19.2 Å². The molecule has 0 radical (unpaired) electrons. The van der Waals surface area contributed by atoms with Gasteiger partial charge in [0, 0.05) is 34.8 Å². The molecule has 6 aromatic rings. The Balaban J connectivity index is 1.36. The molecular formula is C36H32FN7O3. The normalized spacial score (nSPS) is 14.2. The van der Waals surface area contributed by atoms with E-state index >= 15 is 0 Å². The van der Waals surface area contributed by atoms with Gasteiger partial charge in [0.25, 0.3) is 0 Å². The number of ether oxygens (including phenoxy) is 1. The van der Waals surface area contributed by atoms with E-state index in [0.717, 1.165) is 16.5 Å². The van der Waals surface area contributed by atoms with Crippen LogP contribution in [-0.2, 0) is 16.0 Å². The number of amides is 2. The number of fused-ring (bicyclic) bond motifs is 4. The lowest BCUT2D eigenvalue weighted by atomic mass is 9.96. The number of nitrogens with one attached hydrogen (secondary N) is 1. The van der Waals surface area contributed by atoms with E-state index in [4.69, 9.17) is 4.74 Å². The van der Waals surface area contributed by atoms with Crippen molar-refractivity contribution in [1.29, 1.82) is 0 Å². The third kappa shape index (κ3) is 5.39. The quantitative estimate of drug-likeness (QED) is 0.219. The van der Waals surface area contributed by atoms with Crippen molar-refractivity contribution >= 4 is 34.1 Å². The number of pyridine rings is 1. The molecule has 1 atom stereocenters. The van der Waals surface area contributed by atoms with Crippen molar-refractivity contribution in [2.75, 3.05) is 23.5 Å². The van der Waals surface area contributed by atoms with Crippen molar-refractivity contribution in [3.63, 3.8) is 0 Å². The first-order valence-electron chi connectivity index (χ1n) is 15.3. The second-order valence-electron chi connectivity index (χ2n) is 11.7. The summed E-state index contributed by atoms with van der Waals surface area (Å²) in [6.45, 7) is 3.60. The molecule has 3 aromatic carbocycles. The van der Waals surface area contributed by atoms with Crippen LogP contribution in [0.25, 0.3) is 28.0 Å². The molecule has 0 spiro atoms. The number of methoxy groups -OCH3 is 1. The minimum atomic E-state index is -0.820. The van der Waals surface area contributed by atoms with Crippen LogP contribution in [0.3, 0.4) is 0 Å². The zero-order chi connectivity index (χ0) is 32.7. The molecule has 0 saturated carbocycles. The summed E-state index contributed by atoms with van der Waals surface area (Å²) in [7, 11) is 1.53. The van der Waals surface area contributed by atoms with Gasteiger partial charge in [-0.25, -0.2) is 9.37 Å². The lowest BCUT2D eigenvalue weighted by molar-refractivity contribution is -0.123. The third-order valence-corrected chi connectivity index (χ3v) is 8.45. The van der Waals surface area contributed by atoms with Crippen molar-refractivity contribution in [3.05, 3.63) is 115 Å². The first kappa shape index (κ1) is 29.8. The SMILES string of the molecule is COc1ccc(N(C(=O)CN2C(=O)C(Cc3c[nH]c4cc(F)ccc34)c3nnc(-c4ccccc4)n3-c3ccccc32)C(C)C)cn1. The van der Waals surface area contributed by atoms with E-state index in [2.05, 4.69) is 20.2 Å². The Kier molecular flexibility index (Phi) is 7.72. The van der Waals surface area contributed by atoms with Crippen molar-refractivity contribution in [2.24, 2.45) is 0 Å². The fourth-order valence-electron chi connectivity index (χ4n) is 6.30. The second-order valence-corrected chi connectivity index (χ2v) is 11.7. The molecule has 236 valence electrons. The topological polar surface area (TPSA) is 109 Å². The van der Waals surface area contributed by atoms with Crippen LogP contribution in [0, 0.1) is 5.82 Å². The van der Waals surface area contributed by atoms with Crippen LogP contribution in [-0.4, -0.2) is 56.2 Å². The number of halogens is 1. The lowest BCUT2D eigenvalue weighted by Crippen LogP contribution is -2.47. The molecule has 47 heavy (non-hydrogen) atoms. The van der Waals surface area contributed by atoms with Crippen LogP contribution in [0.4, 0.5) is 15.8 Å². The standard InChI is InChI=1S/C36H32FN7O3/c1-22(2)43(26-14-16-32(47-3)39-20-26)33(45)21-42-30-11-7-8-12-31(30)44-34(23-9-5-4-6-10-23)40-41-35(44)28(36(42)46)17-24-19-38-29-18-25(37)13-15-27(24)29/h4-16,18-20,22,28,38H,17,21H2,1-3H3. The minimum Gasteiger partial charge on any atom is -0.481 e. The number of rotatable bonds is 8. The molecule has 1 aliphatic heterocycles. The number of anilines is 2. The van der Waals surface area contributed by atoms with E-state index in [-0.39, 0.29) is 36.6 Å². The molecule has 7 rings (SSSR count). The highest BCUT2D eigenvalue weighted by Gasteiger charge is 2.39. The summed E-state index contributed by atoms with van der Waals surface area (Å²) >= 11 is 0. The van der Waals surface area contributed by atoms with Gasteiger partial charge in [-0.15, -0.1) is 10.2 Å².